The first-order chi connectivity index (χ1) is 12.5. The average Bonchev–Trinajstić information content (AvgIpc) is 2.65. The van der Waals surface area contributed by atoms with Crippen LogP contribution in [-0.4, -0.2) is 15.7 Å². The maximum Gasteiger partial charge on any atom is 0.267 e. The van der Waals surface area contributed by atoms with Gasteiger partial charge in [0.05, 0.1) is 5.69 Å². The summed E-state index contributed by atoms with van der Waals surface area (Å²) in [7, 11) is 0. The molecule has 0 aliphatic carbocycles. The van der Waals surface area contributed by atoms with Gasteiger partial charge in [0, 0.05) is 22.3 Å². The van der Waals surface area contributed by atoms with Gasteiger partial charge < -0.3 is 5.32 Å². The van der Waals surface area contributed by atoms with Crippen molar-refractivity contribution >= 4 is 23.2 Å². The molecule has 1 N–H and O–H groups in total. The SMILES string of the molecule is Cc1ccc(Cl)cc1NC(=O)[C@H](C)n1nc(-c2ccccc2)ccc1=O. The van der Waals surface area contributed by atoms with Gasteiger partial charge in [-0.3, -0.25) is 9.59 Å². The Balaban J connectivity index is 1.89. The highest BCUT2D eigenvalue weighted by molar-refractivity contribution is 6.31. The molecule has 0 aliphatic heterocycles. The van der Waals surface area contributed by atoms with Gasteiger partial charge in [-0.15, -0.1) is 0 Å². The van der Waals surface area contributed by atoms with Crippen molar-refractivity contribution in [3.63, 3.8) is 0 Å². The zero-order chi connectivity index (χ0) is 18.7. The Hall–Kier alpha value is -2.92. The molecule has 5 nitrogen and oxygen atoms in total. The highest BCUT2D eigenvalue weighted by Crippen LogP contribution is 2.21. The van der Waals surface area contributed by atoms with Gasteiger partial charge in [0.2, 0.25) is 5.91 Å². The number of halogens is 1. The fraction of sp³-hybridized carbons (Fsp3) is 0.150. The van der Waals surface area contributed by atoms with Crippen molar-refractivity contribution < 1.29 is 4.79 Å². The summed E-state index contributed by atoms with van der Waals surface area (Å²) in [5.74, 6) is -0.338. The van der Waals surface area contributed by atoms with Crippen molar-refractivity contribution in [2.24, 2.45) is 0 Å². The summed E-state index contributed by atoms with van der Waals surface area (Å²) in [4.78, 5) is 24.8. The molecule has 0 fully saturated rings. The first-order valence-electron chi connectivity index (χ1n) is 8.18. The molecule has 0 unspecified atom stereocenters. The summed E-state index contributed by atoms with van der Waals surface area (Å²) < 4.78 is 1.19. The topological polar surface area (TPSA) is 64.0 Å². The molecule has 132 valence electrons. The number of carbonyl (C=O) groups is 1. The number of aromatic nitrogens is 2. The number of nitrogens with zero attached hydrogens (tertiary/aromatic N) is 2. The smallest absolute Gasteiger partial charge is 0.267 e. The van der Waals surface area contributed by atoms with Crippen molar-refractivity contribution in [3.05, 3.63) is 81.6 Å². The number of rotatable bonds is 4. The first-order valence-corrected chi connectivity index (χ1v) is 8.56. The molecular formula is C20H18ClN3O2. The minimum Gasteiger partial charge on any atom is -0.324 e. The van der Waals surface area contributed by atoms with Crippen LogP contribution in [0, 0.1) is 6.92 Å². The fourth-order valence-corrected chi connectivity index (χ4v) is 2.71. The molecule has 1 atom stereocenters. The fourth-order valence-electron chi connectivity index (χ4n) is 2.54. The highest BCUT2D eigenvalue weighted by Gasteiger charge is 2.19. The van der Waals surface area contributed by atoms with E-state index in [1.807, 2.05) is 43.3 Å². The summed E-state index contributed by atoms with van der Waals surface area (Å²) >= 11 is 5.99. The van der Waals surface area contributed by atoms with E-state index in [-0.39, 0.29) is 11.5 Å². The number of hydrogen-bond acceptors (Lipinski definition) is 3. The van der Waals surface area contributed by atoms with E-state index in [9.17, 15) is 9.59 Å². The normalized spacial score (nSPS) is 11.8. The molecule has 0 bridgehead atoms. The summed E-state index contributed by atoms with van der Waals surface area (Å²) in [5, 5.41) is 7.70. The Morgan fingerprint density at radius 1 is 1.12 bits per heavy atom. The van der Waals surface area contributed by atoms with E-state index in [4.69, 9.17) is 11.6 Å². The van der Waals surface area contributed by atoms with Crippen LogP contribution in [0.1, 0.15) is 18.5 Å². The quantitative estimate of drug-likeness (QED) is 0.755. The van der Waals surface area contributed by atoms with Crippen LogP contribution in [0.4, 0.5) is 5.69 Å². The minimum absolute atomic E-state index is 0.338. The molecular weight excluding hydrogens is 350 g/mol. The van der Waals surface area contributed by atoms with Crippen LogP contribution in [0.3, 0.4) is 0 Å². The molecule has 0 saturated heterocycles. The van der Waals surface area contributed by atoms with Gasteiger partial charge >= 0.3 is 0 Å². The van der Waals surface area contributed by atoms with Gasteiger partial charge in [0.15, 0.2) is 0 Å². The molecule has 3 aromatic rings. The molecule has 0 aliphatic rings. The lowest BCUT2D eigenvalue weighted by molar-refractivity contribution is -0.119. The predicted octanol–water partition coefficient (Wildman–Crippen LogP) is 4.07. The zero-order valence-electron chi connectivity index (χ0n) is 14.4. The zero-order valence-corrected chi connectivity index (χ0v) is 15.2. The Kier molecular flexibility index (Phi) is 5.19. The van der Waals surface area contributed by atoms with Gasteiger partial charge in [-0.2, -0.15) is 5.10 Å². The molecule has 26 heavy (non-hydrogen) atoms. The summed E-state index contributed by atoms with van der Waals surface area (Å²) in [6.45, 7) is 3.51. The van der Waals surface area contributed by atoms with Crippen molar-refractivity contribution in [3.8, 4) is 11.3 Å². The third kappa shape index (κ3) is 3.83. The lowest BCUT2D eigenvalue weighted by Gasteiger charge is -2.16. The van der Waals surface area contributed by atoms with E-state index in [1.165, 1.54) is 10.7 Å². The second-order valence-corrected chi connectivity index (χ2v) is 6.43. The Bertz CT molecular complexity index is 999. The Morgan fingerprint density at radius 2 is 1.85 bits per heavy atom. The molecule has 1 aromatic heterocycles. The second kappa shape index (κ2) is 7.54. The van der Waals surface area contributed by atoms with Crippen LogP contribution in [0.2, 0.25) is 5.02 Å². The van der Waals surface area contributed by atoms with Crippen LogP contribution >= 0.6 is 11.6 Å². The molecule has 3 rings (SSSR count). The number of benzene rings is 2. The molecule has 1 heterocycles. The molecule has 1 amide bonds. The van der Waals surface area contributed by atoms with Gasteiger partial charge in [0.25, 0.3) is 5.56 Å². The molecule has 0 radical (unpaired) electrons. The van der Waals surface area contributed by atoms with Gasteiger partial charge in [-0.05, 0) is 37.6 Å². The average molecular weight is 368 g/mol. The van der Waals surface area contributed by atoms with E-state index in [0.717, 1.165) is 11.1 Å². The lowest BCUT2D eigenvalue weighted by atomic mass is 10.1. The van der Waals surface area contributed by atoms with E-state index in [0.29, 0.717) is 16.4 Å². The van der Waals surface area contributed by atoms with Crippen molar-refractivity contribution in [1.29, 1.82) is 0 Å². The number of aryl methyl sites for hydroxylation is 1. The maximum atomic E-state index is 12.6. The third-order valence-corrected chi connectivity index (χ3v) is 4.33. The van der Waals surface area contributed by atoms with E-state index in [2.05, 4.69) is 10.4 Å². The van der Waals surface area contributed by atoms with E-state index in [1.54, 1.807) is 25.1 Å². The summed E-state index contributed by atoms with van der Waals surface area (Å²) in [6.07, 6.45) is 0. The standard InChI is InChI=1S/C20H18ClN3O2/c1-13-8-9-16(21)12-18(13)22-20(26)14(2)24-19(25)11-10-17(23-24)15-6-4-3-5-7-15/h3-12,14H,1-2H3,(H,22,26)/t14-/m0/s1. The number of anilines is 1. The maximum absolute atomic E-state index is 12.6. The molecule has 0 saturated carbocycles. The number of carbonyl (C=O) groups excluding carboxylic acids is 1. The van der Waals surface area contributed by atoms with Crippen molar-refractivity contribution in [2.75, 3.05) is 5.32 Å². The van der Waals surface area contributed by atoms with Gasteiger partial charge in [-0.1, -0.05) is 48.0 Å². The van der Waals surface area contributed by atoms with Crippen LogP contribution in [-0.2, 0) is 4.79 Å². The largest absolute Gasteiger partial charge is 0.324 e. The Morgan fingerprint density at radius 3 is 2.58 bits per heavy atom. The summed E-state index contributed by atoms with van der Waals surface area (Å²) in [6, 6.07) is 17.0. The van der Waals surface area contributed by atoms with E-state index >= 15 is 0 Å². The number of nitrogens with one attached hydrogen (secondary N) is 1. The molecule has 0 spiro atoms. The second-order valence-electron chi connectivity index (χ2n) is 5.99. The van der Waals surface area contributed by atoms with Crippen LogP contribution in [0.15, 0.2) is 65.5 Å². The van der Waals surface area contributed by atoms with Gasteiger partial charge in [-0.25, -0.2) is 4.68 Å². The van der Waals surface area contributed by atoms with E-state index < -0.39 is 6.04 Å². The summed E-state index contributed by atoms with van der Waals surface area (Å²) in [5.41, 5.74) is 2.66. The monoisotopic (exact) mass is 367 g/mol. The Labute approximate surface area is 156 Å². The number of amides is 1. The highest BCUT2D eigenvalue weighted by atomic mass is 35.5. The molecule has 2 aromatic carbocycles. The first kappa shape index (κ1) is 17.9. The van der Waals surface area contributed by atoms with Crippen LogP contribution in [0.25, 0.3) is 11.3 Å². The predicted molar refractivity (Wildman–Crippen MR) is 103 cm³/mol. The van der Waals surface area contributed by atoms with Crippen LogP contribution < -0.4 is 10.9 Å². The molecule has 6 heteroatoms. The number of hydrogen-bond donors (Lipinski definition) is 1. The van der Waals surface area contributed by atoms with Gasteiger partial charge in [0.1, 0.15) is 6.04 Å². The third-order valence-electron chi connectivity index (χ3n) is 4.10. The van der Waals surface area contributed by atoms with Crippen molar-refractivity contribution in [2.45, 2.75) is 19.9 Å². The van der Waals surface area contributed by atoms with Crippen LogP contribution in [0.5, 0.6) is 0 Å². The van der Waals surface area contributed by atoms with Crippen molar-refractivity contribution in [1.82, 2.24) is 9.78 Å². The lowest BCUT2D eigenvalue weighted by Crippen LogP contribution is -2.33. The minimum atomic E-state index is -0.774.